The number of hydrogen-bond acceptors (Lipinski definition) is 5. The Bertz CT molecular complexity index is 1500. The fraction of sp³-hybridized carbons (Fsp3) is 0.0645. The van der Waals surface area contributed by atoms with E-state index in [-0.39, 0.29) is 17.2 Å². The molecular formula is C31H25ClN2O4S. The molecule has 0 saturated heterocycles. The Kier molecular flexibility index (Phi) is 9.56. The lowest BCUT2D eigenvalue weighted by Gasteiger charge is -2.12. The van der Waals surface area contributed by atoms with Crippen LogP contribution in [-0.2, 0) is 4.79 Å². The van der Waals surface area contributed by atoms with E-state index in [0.717, 1.165) is 4.90 Å². The van der Waals surface area contributed by atoms with Crippen molar-refractivity contribution in [1.29, 1.82) is 0 Å². The molecule has 4 aromatic carbocycles. The number of carbonyl (C=O) groups excluding carboxylic acids is 3. The standard InChI is InChI=1S/C31H25ClN2O4S/c1-38-29-13-6-5-12-26(29)28(35)20-39-25-11-7-10-24(19-25)33-31(37)27(18-21-14-16-23(32)17-15-21)34-30(36)22-8-3-2-4-9-22/h2-19H,20H2,1H3,(H,33,37)(H,34,36)/b27-18-. The van der Waals surface area contributed by atoms with Crippen molar-refractivity contribution in [2.45, 2.75) is 4.90 Å². The van der Waals surface area contributed by atoms with Gasteiger partial charge in [-0.15, -0.1) is 11.8 Å². The van der Waals surface area contributed by atoms with Gasteiger partial charge in [0.05, 0.1) is 18.4 Å². The largest absolute Gasteiger partial charge is 0.496 e. The second-order valence-corrected chi connectivity index (χ2v) is 9.81. The Balaban J connectivity index is 1.49. The molecule has 0 aromatic heterocycles. The van der Waals surface area contributed by atoms with Crippen LogP contribution in [0, 0.1) is 0 Å². The van der Waals surface area contributed by atoms with Gasteiger partial charge in [-0.25, -0.2) is 0 Å². The first-order valence-corrected chi connectivity index (χ1v) is 13.3. The maximum atomic E-state index is 13.3. The maximum absolute atomic E-state index is 13.3. The summed E-state index contributed by atoms with van der Waals surface area (Å²) in [4.78, 5) is 39.6. The van der Waals surface area contributed by atoms with Crippen LogP contribution in [0.4, 0.5) is 5.69 Å². The number of ketones is 1. The van der Waals surface area contributed by atoms with E-state index in [2.05, 4.69) is 10.6 Å². The summed E-state index contributed by atoms with van der Waals surface area (Å²) in [5, 5.41) is 6.12. The molecule has 8 heteroatoms. The number of amides is 2. The van der Waals surface area contributed by atoms with Gasteiger partial charge in [-0.1, -0.05) is 60.1 Å². The van der Waals surface area contributed by atoms with Crippen molar-refractivity contribution >= 4 is 52.7 Å². The molecule has 4 rings (SSSR count). The van der Waals surface area contributed by atoms with E-state index < -0.39 is 11.8 Å². The third-order valence-electron chi connectivity index (χ3n) is 5.58. The number of halogens is 1. The molecule has 6 nitrogen and oxygen atoms in total. The molecule has 0 saturated carbocycles. The van der Waals surface area contributed by atoms with Gasteiger partial charge in [0.15, 0.2) is 5.78 Å². The van der Waals surface area contributed by atoms with E-state index in [1.165, 1.54) is 18.9 Å². The van der Waals surface area contributed by atoms with E-state index in [1.54, 1.807) is 91.0 Å². The number of para-hydroxylation sites is 1. The minimum atomic E-state index is -0.499. The quantitative estimate of drug-likeness (QED) is 0.128. The average molecular weight is 557 g/mol. The fourth-order valence-corrected chi connectivity index (χ4v) is 4.60. The molecule has 196 valence electrons. The first kappa shape index (κ1) is 27.7. The number of anilines is 1. The number of benzene rings is 4. The molecule has 4 aromatic rings. The van der Waals surface area contributed by atoms with E-state index in [1.807, 2.05) is 18.2 Å². The molecule has 0 aliphatic carbocycles. The third kappa shape index (κ3) is 7.83. The van der Waals surface area contributed by atoms with Crippen LogP contribution in [0.2, 0.25) is 5.02 Å². The van der Waals surface area contributed by atoms with E-state index in [9.17, 15) is 14.4 Å². The van der Waals surface area contributed by atoms with Crippen molar-refractivity contribution in [3.63, 3.8) is 0 Å². The summed E-state index contributed by atoms with van der Waals surface area (Å²) in [7, 11) is 1.53. The van der Waals surface area contributed by atoms with Gasteiger partial charge in [0.1, 0.15) is 11.4 Å². The van der Waals surface area contributed by atoms with Crippen LogP contribution >= 0.6 is 23.4 Å². The molecule has 2 amide bonds. The summed E-state index contributed by atoms with van der Waals surface area (Å²) >= 11 is 7.34. The van der Waals surface area contributed by atoms with Crippen molar-refractivity contribution in [3.8, 4) is 5.75 Å². The van der Waals surface area contributed by atoms with Crippen molar-refractivity contribution in [1.82, 2.24) is 5.32 Å². The number of thioether (sulfide) groups is 1. The van der Waals surface area contributed by atoms with Crippen LogP contribution in [-0.4, -0.2) is 30.5 Å². The van der Waals surface area contributed by atoms with Crippen molar-refractivity contribution < 1.29 is 19.1 Å². The monoisotopic (exact) mass is 556 g/mol. The Hall–Kier alpha value is -4.33. The number of carbonyl (C=O) groups is 3. The van der Waals surface area contributed by atoms with Gasteiger partial charge in [0.25, 0.3) is 11.8 Å². The van der Waals surface area contributed by atoms with Crippen LogP contribution < -0.4 is 15.4 Å². The Morgan fingerprint density at radius 3 is 2.33 bits per heavy atom. The summed E-state index contributed by atoms with van der Waals surface area (Å²) in [5.74, 6) is -0.246. The normalized spacial score (nSPS) is 11.0. The van der Waals surface area contributed by atoms with Gasteiger partial charge in [0.2, 0.25) is 0 Å². The van der Waals surface area contributed by atoms with Crippen molar-refractivity contribution in [2.75, 3.05) is 18.2 Å². The number of methoxy groups -OCH3 is 1. The zero-order valence-corrected chi connectivity index (χ0v) is 22.6. The summed E-state index contributed by atoms with van der Waals surface area (Å²) in [6.45, 7) is 0. The zero-order valence-electron chi connectivity index (χ0n) is 21.0. The molecule has 0 spiro atoms. The fourth-order valence-electron chi connectivity index (χ4n) is 3.63. The van der Waals surface area contributed by atoms with Crippen LogP contribution in [0.3, 0.4) is 0 Å². The molecule has 0 heterocycles. The molecule has 0 fully saturated rings. The van der Waals surface area contributed by atoms with Gasteiger partial charge in [-0.05, 0) is 66.2 Å². The van der Waals surface area contributed by atoms with E-state index >= 15 is 0 Å². The second kappa shape index (κ2) is 13.5. The van der Waals surface area contributed by atoms with Crippen LogP contribution in [0.25, 0.3) is 6.08 Å². The molecule has 39 heavy (non-hydrogen) atoms. The Labute approximate surface area is 236 Å². The maximum Gasteiger partial charge on any atom is 0.272 e. The lowest BCUT2D eigenvalue weighted by molar-refractivity contribution is -0.113. The molecule has 0 unspecified atom stereocenters. The summed E-state index contributed by atoms with van der Waals surface area (Å²) in [5.41, 5.74) is 2.21. The van der Waals surface area contributed by atoms with Crippen LogP contribution in [0.5, 0.6) is 5.75 Å². The highest BCUT2D eigenvalue weighted by molar-refractivity contribution is 8.00. The predicted octanol–water partition coefficient (Wildman–Crippen LogP) is 6.73. The van der Waals surface area contributed by atoms with Gasteiger partial charge >= 0.3 is 0 Å². The number of Topliss-reactive ketones (excluding diaryl/α,β-unsaturated/α-hetero) is 1. The highest BCUT2D eigenvalue weighted by atomic mass is 35.5. The smallest absolute Gasteiger partial charge is 0.272 e. The Morgan fingerprint density at radius 1 is 0.872 bits per heavy atom. The summed E-state index contributed by atoms with van der Waals surface area (Å²) in [6, 6.07) is 29.8. The van der Waals surface area contributed by atoms with Crippen LogP contribution in [0.15, 0.2) is 114 Å². The molecule has 2 N–H and O–H groups in total. The van der Waals surface area contributed by atoms with Gasteiger partial charge in [-0.3, -0.25) is 14.4 Å². The molecular weight excluding hydrogens is 532 g/mol. The van der Waals surface area contributed by atoms with E-state index in [4.69, 9.17) is 16.3 Å². The lowest BCUT2D eigenvalue weighted by Crippen LogP contribution is -2.30. The number of ether oxygens (including phenoxy) is 1. The second-order valence-electron chi connectivity index (χ2n) is 8.32. The molecule has 0 aliphatic rings. The first-order chi connectivity index (χ1) is 18.9. The summed E-state index contributed by atoms with van der Waals surface area (Å²) in [6.07, 6.45) is 1.58. The zero-order chi connectivity index (χ0) is 27.6. The molecule has 0 atom stereocenters. The number of hydrogen-bond donors (Lipinski definition) is 2. The minimum absolute atomic E-state index is 0.0654. The minimum Gasteiger partial charge on any atom is -0.496 e. The SMILES string of the molecule is COc1ccccc1C(=O)CSc1cccc(NC(=O)/C(=C/c2ccc(Cl)cc2)NC(=O)c2ccccc2)c1. The Morgan fingerprint density at radius 2 is 1.59 bits per heavy atom. The molecule has 0 bridgehead atoms. The topological polar surface area (TPSA) is 84.5 Å². The molecule has 0 aliphatic heterocycles. The predicted molar refractivity (Wildman–Crippen MR) is 156 cm³/mol. The molecule has 0 radical (unpaired) electrons. The number of nitrogens with one attached hydrogen (secondary N) is 2. The van der Waals surface area contributed by atoms with Crippen LogP contribution in [0.1, 0.15) is 26.3 Å². The van der Waals surface area contributed by atoms with Gasteiger partial charge < -0.3 is 15.4 Å². The third-order valence-corrected chi connectivity index (χ3v) is 6.82. The number of rotatable bonds is 10. The average Bonchev–Trinajstić information content (AvgIpc) is 2.97. The summed E-state index contributed by atoms with van der Waals surface area (Å²) < 4.78 is 5.29. The highest BCUT2D eigenvalue weighted by Gasteiger charge is 2.16. The first-order valence-electron chi connectivity index (χ1n) is 12.0. The lowest BCUT2D eigenvalue weighted by atomic mass is 10.1. The van der Waals surface area contributed by atoms with E-state index in [0.29, 0.717) is 33.1 Å². The van der Waals surface area contributed by atoms with Gasteiger partial charge in [-0.2, -0.15) is 0 Å². The van der Waals surface area contributed by atoms with Gasteiger partial charge in [0, 0.05) is 21.2 Å². The van der Waals surface area contributed by atoms with Crippen molar-refractivity contribution in [3.05, 3.63) is 131 Å². The van der Waals surface area contributed by atoms with Crippen molar-refractivity contribution in [2.24, 2.45) is 0 Å². The highest BCUT2D eigenvalue weighted by Crippen LogP contribution is 2.25.